The first-order valence-electron chi connectivity index (χ1n) is 7.49. The molecule has 1 aliphatic rings. The first-order valence-corrected chi connectivity index (χ1v) is 14.3. The van der Waals surface area contributed by atoms with Crippen LogP contribution in [-0.4, -0.2) is 29.3 Å². The highest BCUT2D eigenvalue weighted by Gasteiger charge is 2.30. The summed E-state index contributed by atoms with van der Waals surface area (Å²) in [5.41, 5.74) is 0. The molecule has 0 saturated heterocycles. The van der Waals surface area contributed by atoms with E-state index in [0.29, 0.717) is 6.10 Å². The van der Waals surface area contributed by atoms with Crippen molar-refractivity contribution >= 4 is 16.6 Å². The highest BCUT2D eigenvalue weighted by atomic mass is 28.4. The minimum atomic E-state index is -1.47. The summed E-state index contributed by atoms with van der Waals surface area (Å²) in [5.74, 6) is 0.738. The molecule has 1 fully saturated rings. The van der Waals surface area contributed by atoms with Gasteiger partial charge in [-0.3, -0.25) is 0 Å². The van der Waals surface area contributed by atoms with E-state index in [-0.39, 0.29) is 0 Å². The van der Waals surface area contributed by atoms with Gasteiger partial charge in [0.2, 0.25) is 0 Å². The second kappa shape index (κ2) is 6.68. The lowest BCUT2D eigenvalue weighted by Crippen LogP contribution is -2.42. The maximum atomic E-state index is 6.41. The van der Waals surface area contributed by atoms with Crippen LogP contribution in [0.1, 0.15) is 32.1 Å². The van der Waals surface area contributed by atoms with Gasteiger partial charge in [-0.05, 0) is 58.0 Å². The van der Waals surface area contributed by atoms with Crippen molar-refractivity contribution in [3.63, 3.8) is 0 Å². The zero-order valence-electron chi connectivity index (χ0n) is 13.2. The Morgan fingerprint density at radius 3 is 1.89 bits per heavy atom. The molecule has 0 unspecified atom stereocenters. The molecule has 2 nitrogen and oxygen atoms in total. The van der Waals surface area contributed by atoms with Gasteiger partial charge in [0.25, 0.3) is 0 Å². The third-order valence-corrected chi connectivity index (χ3v) is 5.40. The number of hydrogen-bond donors (Lipinski definition) is 0. The van der Waals surface area contributed by atoms with Crippen molar-refractivity contribution in [3.8, 4) is 0 Å². The zero-order chi connectivity index (χ0) is 13.8. The Kier molecular flexibility index (Phi) is 6.09. The van der Waals surface area contributed by atoms with E-state index in [1.165, 1.54) is 32.1 Å². The summed E-state index contributed by atoms with van der Waals surface area (Å²) in [5, 5.41) is 0. The molecule has 1 atom stereocenters. The van der Waals surface area contributed by atoms with Gasteiger partial charge in [-0.25, -0.2) is 0 Å². The quantitative estimate of drug-likeness (QED) is 0.663. The molecule has 18 heavy (non-hydrogen) atoms. The molecule has 0 aliphatic heterocycles. The molecule has 0 radical (unpaired) electrons. The van der Waals surface area contributed by atoms with E-state index in [2.05, 4.69) is 39.3 Å². The van der Waals surface area contributed by atoms with Gasteiger partial charge in [-0.15, -0.1) is 0 Å². The van der Waals surface area contributed by atoms with Crippen LogP contribution in [0.3, 0.4) is 0 Å². The molecule has 0 spiro atoms. The first kappa shape index (κ1) is 16.4. The van der Waals surface area contributed by atoms with E-state index in [4.69, 9.17) is 8.85 Å². The molecule has 0 heterocycles. The molecular weight excluding hydrogens is 256 g/mol. The zero-order valence-corrected chi connectivity index (χ0v) is 15.2. The lowest BCUT2D eigenvalue weighted by atomic mass is 9.85. The maximum Gasteiger partial charge on any atom is 0.184 e. The molecule has 108 valence electrons. The molecule has 0 bridgehead atoms. The van der Waals surface area contributed by atoms with Crippen LogP contribution in [0.15, 0.2) is 0 Å². The molecule has 0 N–H and O–H groups in total. The largest absolute Gasteiger partial charge is 0.415 e. The van der Waals surface area contributed by atoms with Crippen LogP contribution in [0.2, 0.25) is 39.3 Å². The van der Waals surface area contributed by atoms with Crippen LogP contribution >= 0.6 is 0 Å². The van der Waals surface area contributed by atoms with Crippen LogP contribution in [0, 0.1) is 5.92 Å². The summed E-state index contributed by atoms with van der Waals surface area (Å²) in [4.78, 5) is 0. The summed E-state index contributed by atoms with van der Waals surface area (Å²) in [6, 6.07) is 0. The fourth-order valence-corrected chi connectivity index (χ4v) is 4.39. The fourth-order valence-electron chi connectivity index (χ4n) is 2.56. The van der Waals surface area contributed by atoms with Crippen molar-refractivity contribution in [2.45, 2.75) is 77.5 Å². The fraction of sp³-hybridized carbons (Fsp3) is 1.00. The number of rotatable bonds is 6. The standard InChI is InChI=1S/C14H32O2Si2/c1-17(2,3)15-12-14(16-18(4,5)6)13-10-8-7-9-11-13/h13-14H,7-12H2,1-6H3/t14-/m1/s1. The van der Waals surface area contributed by atoms with E-state index in [1.54, 1.807) is 0 Å². The molecule has 1 saturated carbocycles. The molecule has 4 heteroatoms. The first-order chi connectivity index (χ1) is 8.17. The predicted molar refractivity (Wildman–Crippen MR) is 84.1 cm³/mol. The average molecular weight is 289 g/mol. The Hall–Kier alpha value is 0.354. The average Bonchev–Trinajstić information content (AvgIpc) is 2.23. The molecule has 0 aromatic carbocycles. The van der Waals surface area contributed by atoms with Gasteiger partial charge >= 0.3 is 0 Å². The van der Waals surface area contributed by atoms with Gasteiger partial charge in [0, 0.05) is 0 Å². The topological polar surface area (TPSA) is 18.5 Å². The van der Waals surface area contributed by atoms with E-state index in [9.17, 15) is 0 Å². The molecule has 1 aliphatic carbocycles. The molecule has 0 amide bonds. The second-order valence-electron chi connectivity index (χ2n) is 7.59. The highest BCUT2D eigenvalue weighted by Crippen LogP contribution is 2.30. The van der Waals surface area contributed by atoms with Gasteiger partial charge in [0.05, 0.1) is 12.7 Å². The third kappa shape index (κ3) is 7.07. The maximum absolute atomic E-state index is 6.41. The lowest BCUT2D eigenvalue weighted by Gasteiger charge is -2.36. The third-order valence-electron chi connectivity index (χ3n) is 3.36. The molecule has 0 aromatic rings. The molecular formula is C14H32O2Si2. The van der Waals surface area contributed by atoms with Crippen LogP contribution in [0.4, 0.5) is 0 Å². The van der Waals surface area contributed by atoms with Crippen molar-refractivity contribution < 1.29 is 8.85 Å². The number of hydrogen-bond acceptors (Lipinski definition) is 2. The van der Waals surface area contributed by atoms with Crippen LogP contribution in [0.5, 0.6) is 0 Å². The van der Waals surface area contributed by atoms with Gasteiger partial charge < -0.3 is 8.85 Å². The smallest absolute Gasteiger partial charge is 0.184 e. The lowest BCUT2D eigenvalue weighted by molar-refractivity contribution is 0.0526. The molecule has 0 aromatic heterocycles. The highest BCUT2D eigenvalue weighted by molar-refractivity contribution is 6.70. The van der Waals surface area contributed by atoms with Crippen molar-refractivity contribution in [1.82, 2.24) is 0 Å². The van der Waals surface area contributed by atoms with Crippen molar-refractivity contribution in [3.05, 3.63) is 0 Å². The van der Waals surface area contributed by atoms with Crippen LogP contribution < -0.4 is 0 Å². The van der Waals surface area contributed by atoms with E-state index >= 15 is 0 Å². The van der Waals surface area contributed by atoms with Gasteiger partial charge in [0.1, 0.15) is 0 Å². The Labute approximate surface area is 116 Å². The van der Waals surface area contributed by atoms with Gasteiger partial charge in [-0.1, -0.05) is 19.3 Å². The monoisotopic (exact) mass is 288 g/mol. The summed E-state index contributed by atoms with van der Waals surface area (Å²) in [7, 11) is -2.89. The minimum absolute atomic E-state index is 0.351. The van der Waals surface area contributed by atoms with E-state index in [0.717, 1.165) is 12.5 Å². The molecule has 1 rings (SSSR count). The Morgan fingerprint density at radius 1 is 0.889 bits per heavy atom. The summed E-state index contributed by atoms with van der Waals surface area (Å²) >= 11 is 0. The van der Waals surface area contributed by atoms with Crippen LogP contribution in [0.25, 0.3) is 0 Å². The van der Waals surface area contributed by atoms with Crippen molar-refractivity contribution in [2.75, 3.05) is 6.61 Å². The Bertz CT molecular complexity index is 237. The van der Waals surface area contributed by atoms with Gasteiger partial charge in [-0.2, -0.15) is 0 Å². The van der Waals surface area contributed by atoms with Crippen molar-refractivity contribution in [2.24, 2.45) is 5.92 Å². The Morgan fingerprint density at radius 2 is 1.44 bits per heavy atom. The summed E-state index contributed by atoms with van der Waals surface area (Å²) in [6.07, 6.45) is 7.19. The minimum Gasteiger partial charge on any atom is -0.415 e. The second-order valence-corrected chi connectivity index (χ2v) is 16.6. The van der Waals surface area contributed by atoms with Crippen molar-refractivity contribution in [1.29, 1.82) is 0 Å². The van der Waals surface area contributed by atoms with Crippen LogP contribution in [-0.2, 0) is 8.85 Å². The summed E-state index contributed by atoms with van der Waals surface area (Å²) < 4.78 is 12.5. The Balaban J connectivity index is 2.56. The van der Waals surface area contributed by atoms with E-state index < -0.39 is 16.6 Å². The van der Waals surface area contributed by atoms with Gasteiger partial charge in [0.15, 0.2) is 16.6 Å². The predicted octanol–water partition coefficient (Wildman–Crippen LogP) is 4.64. The normalized spacial score (nSPS) is 21.0. The summed E-state index contributed by atoms with van der Waals surface area (Å²) in [6.45, 7) is 14.5. The van der Waals surface area contributed by atoms with E-state index in [1.807, 2.05) is 0 Å². The SMILES string of the molecule is C[Si](C)(C)OC[C@@H](O[Si](C)(C)C)C1CCCCC1.